The van der Waals surface area contributed by atoms with E-state index in [1.54, 1.807) is 0 Å². The molecule has 100 valence electrons. The second-order valence-electron chi connectivity index (χ2n) is 5.64. The van der Waals surface area contributed by atoms with E-state index in [1.807, 2.05) is 11.3 Å². The van der Waals surface area contributed by atoms with Crippen molar-refractivity contribution in [1.82, 2.24) is 5.32 Å². The quantitative estimate of drug-likeness (QED) is 0.891. The fraction of sp³-hybridized carbons (Fsp3) is 0.714. The Hall–Kier alpha value is 0.1000. The van der Waals surface area contributed by atoms with Crippen molar-refractivity contribution >= 4 is 27.3 Å². The van der Waals surface area contributed by atoms with Gasteiger partial charge in [-0.2, -0.15) is 0 Å². The van der Waals surface area contributed by atoms with Crippen LogP contribution in [0.5, 0.6) is 0 Å². The first-order valence-corrected chi connectivity index (χ1v) is 8.48. The van der Waals surface area contributed by atoms with Crippen LogP contribution in [0.25, 0.3) is 0 Å². The van der Waals surface area contributed by atoms with Crippen LogP contribution in [0.3, 0.4) is 0 Å². The van der Waals surface area contributed by atoms with Crippen LogP contribution in [0.2, 0.25) is 0 Å². The smallest absolute Gasteiger partial charge is 0.0471 e. The summed E-state index contributed by atoms with van der Waals surface area (Å²) < 4.78 is 6.84. The van der Waals surface area contributed by atoms with Gasteiger partial charge in [0.2, 0.25) is 0 Å². The van der Waals surface area contributed by atoms with Crippen molar-refractivity contribution in [2.24, 2.45) is 5.41 Å². The lowest BCUT2D eigenvalue weighted by Crippen LogP contribution is -2.41. The highest BCUT2D eigenvalue weighted by atomic mass is 79.9. The number of hydrogen-bond donors (Lipinski definition) is 1. The Kier molecular flexibility index (Phi) is 4.09. The SMILES string of the molecule is Brc1ccsc1CC1(CNC2CC2)CCOCC1. The van der Waals surface area contributed by atoms with E-state index in [4.69, 9.17) is 4.74 Å². The summed E-state index contributed by atoms with van der Waals surface area (Å²) >= 11 is 5.54. The molecule has 1 aromatic heterocycles. The molecule has 1 saturated carbocycles. The van der Waals surface area contributed by atoms with Gasteiger partial charge in [0, 0.05) is 35.2 Å². The average molecular weight is 330 g/mol. The summed E-state index contributed by atoms with van der Waals surface area (Å²) in [5.41, 5.74) is 0.411. The minimum atomic E-state index is 0.411. The molecule has 0 bridgehead atoms. The molecule has 3 rings (SSSR count). The Morgan fingerprint density at radius 1 is 1.39 bits per heavy atom. The van der Waals surface area contributed by atoms with Gasteiger partial charge in [-0.1, -0.05) is 0 Å². The second kappa shape index (κ2) is 5.61. The Balaban J connectivity index is 1.69. The van der Waals surface area contributed by atoms with Gasteiger partial charge in [0.05, 0.1) is 0 Å². The lowest BCUT2D eigenvalue weighted by atomic mass is 9.76. The van der Waals surface area contributed by atoms with Crippen molar-refractivity contribution < 1.29 is 4.74 Å². The van der Waals surface area contributed by atoms with Crippen LogP contribution in [0.15, 0.2) is 15.9 Å². The van der Waals surface area contributed by atoms with E-state index in [-0.39, 0.29) is 0 Å². The van der Waals surface area contributed by atoms with E-state index in [9.17, 15) is 0 Å². The number of halogens is 1. The molecule has 0 spiro atoms. The maximum Gasteiger partial charge on any atom is 0.0471 e. The van der Waals surface area contributed by atoms with Gasteiger partial charge in [-0.25, -0.2) is 0 Å². The summed E-state index contributed by atoms with van der Waals surface area (Å²) in [5.74, 6) is 0. The van der Waals surface area contributed by atoms with Crippen molar-refractivity contribution in [3.8, 4) is 0 Å². The summed E-state index contributed by atoms with van der Waals surface area (Å²) in [6.45, 7) is 3.01. The van der Waals surface area contributed by atoms with Crippen LogP contribution < -0.4 is 5.32 Å². The van der Waals surface area contributed by atoms with E-state index in [0.29, 0.717) is 5.41 Å². The van der Waals surface area contributed by atoms with E-state index in [2.05, 4.69) is 32.7 Å². The molecule has 2 aliphatic rings. The second-order valence-corrected chi connectivity index (χ2v) is 7.49. The molecular weight excluding hydrogens is 310 g/mol. The molecule has 0 amide bonds. The van der Waals surface area contributed by atoms with Crippen molar-refractivity contribution in [3.05, 3.63) is 20.8 Å². The standard InChI is InChI=1S/C14H20BrNOS/c15-12-3-8-18-13(12)9-14(4-6-17-7-5-14)10-16-11-1-2-11/h3,8,11,16H,1-2,4-7,9-10H2. The minimum Gasteiger partial charge on any atom is -0.381 e. The molecule has 18 heavy (non-hydrogen) atoms. The molecule has 2 fully saturated rings. The van der Waals surface area contributed by atoms with E-state index in [0.717, 1.165) is 25.8 Å². The Bertz CT molecular complexity index is 396. The lowest BCUT2D eigenvalue weighted by molar-refractivity contribution is 0.0150. The Morgan fingerprint density at radius 3 is 2.78 bits per heavy atom. The minimum absolute atomic E-state index is 0.411. The first-order valence-electron chi connectivity index (χ1n) is 6.80. The highest BCUT2D eigenvalue weighted by Crippen LogP contribution is 2.38. The molecular formula is C14H20BrNOS. The van der Waals surface area contributed by atoms with Gasteiger partial charge in [0.25, 0.3) is 0 Å². The van der Waals surface area contributed by atoms with Gasteiger partial charge in [-0.05, 0) is 64.9 Å². The molecule has 0 radical (unpaired) electrons. The number of rotatable bonds is 5. The number of nitrogens with one attached hydrogen (secondary N) is 1. The van der Waals surface area contributed by atoms with Gasteiger partial charge < -0.3 is 10.1 Å². The topological polar surface area (TPSA) is 21.3 Å². The van der Waals surface area contributed by atoms with E-state index in [1.165, 1.54) is 41.5 Å². The molecule has 1 aromatic rings. The lowest BCUT2D eigenvalue weighted by Gasteiger charge is -2.37. The normalized spacial score (nSPS) is 23.2. The van der Waals surface area contributed by atoms with Crippen LogP contribution in [-0.2, 0) is 11.2 Å². The van der Waals surface area contributed by atoms with Crippen LogP contribution in [-0.4, -0.2) is 25.8 Å². The summed E-state index contributed by atoms with van der Waals surface area (Å²) in [7, 11) is 0. The zero-order valence-corrected chi connectivity index (χ0v) is 13.0. The first kappa shape index (κ1) is 13.1. The van der Waals surface area contributed by atoms with Crippen molar-refractivity contribution in [2.75, 3.05) is 19.8 Å². The van der Waals surface area contributed by atoms with Crippen LogP contribution in [0, 0.1) is 5.41 Å². The number of thiophene rings is 1. The largest absolute Gasteiger partial charge is 0.381 e. The summed E-state index contributed by atoms with van der Waals surface area (Å²) in [6, 6.07) is 2.97. The first-order chi connectivity index (χ1) is 8.77. The number of ether oxygens (including phenoxy) is 1. The van der Waals surface area contributed by atoms with Crippen LogP contribution >= 0.6 is 27.3 Å². The highest BCUT2D eigenvalue weighted by Gasteiger charge is 2.35. The number of hydrogen-bond acceptors (Lipinski definition) is 3. The van der Waals surface area contributed by atoms with Crippen molar-refractivity contribution in [2.45, 2.75) is 38.1 Å². The van der Waals surface area contributed by atoms with Gasteiger partial charge in [0.15, 0.2) is 0 Å². The third-order valence-electron chi connectivity index (χ3n) is 4.12. The summed E-state index contributed by atoms with van der Waals surface area (Å²) in [6.07, 6.45) is 6.31. The van der Waals surface area contributed by atoms with E-state index < -0.39 is 0 Å². The predicted molar refractivity (Wildman–Crippen MR) is 79.2 cm³/mol. The summed E-state index contributed by atoms with van der Waals surface area (Å²) in [4.78, 5) is 1.49. The predicted octanol–water partition coefficient (Wildman–Crippen LogP) is 3.60. The fourth-order valence-corrected chi connectivity index (χ4v) is 4.33. The monoisotopic (exact) mass is 329 g/mol. The molecule has 0 aromatic carbocycles. The van der Waals surface area contributed by atoms with Gasteiger partial charge in [0.1, 0.15) is 0 Å². The maximum absolute atomic E-state index is 5.56. The third-order valence-corrected chi connectivity index (χ3v) is 6.05. The zero-order valence-electron chi connectivity index (χ0n) is 10.6. The third kappa shape index (κ3) is 3.16. The molecule has 2 heterocycles. The zero-order chi connectivity index (χ0) is 12.4. The highest BCUT2D eigenvalue weighted by molar-refractivity contribution is 9.10. The molecule has 1 aliphatic heterocycles. The average Bonchev–Trinajstić information content (AvgIpc) is 3.14. The van der Waals surface area contributed by atoms with Gasteiger partial charge >= 0.3 is 0 Å². The summed E-state index contributed by atoms with van der Waals surface area (Å²) in [5, 5.41) is 5.91. The Labute approximate surface area is 121 Å². The Morgan fingerprint density at radius 2 is 2.17 bits per heavy atom. The maximum atomic E-state index is 5.56. The van der Waals surface area contributed by atoms with Gasteiger partial charge in [-0.3, -0.25) is 0 Å². The fourth-order valence-electron chi connectivity index (χ4n) is 2.66. The molecule has 2 nitrogen and oxygen atoms in total. The van der Waals surface area contributed by atoms with Crippen LogP contribution in [0.1, 0.15) is 30.6 Å². The molecule has 1 aliphatic carbocycles. The van der Waals surface area contributed by atoms with Crippen molar-refractivity contribution in [3.63, 3.8) is 0 Å². The molecule has 1 saturated heterocycles. The van der Waals surface area contributed by atoms with Crippen molar-refractivity contribution in [1.29, 1.82) is 0 Å². The molecule has 1 N–H and O–H groups in total. The van der Waals surface area contributed by atoms with Gasteiger partial charge in [-0.15, -0.1) is 11.3 Å². The molecule has 0 atom stereocenters. The van der Waals surface area contributed by atoms with Crippen LogP contribution in [0.4, 0.5) is 0 Å². The molecule has 0 unspecified atom stereocenters. The molecule has 4 heteroatoms. The van der Waals surface area contributed by atoms with E-state index >= 15 is 0 Å².